The maximum absolute atomic E-state index is 11.8. The van der Waals surface area contributed by atoms with Gasteiger partial charge in [-0.15, -0.1) is 0 Å². The second-order valence-corrected chi connectivity index (χ2v) is 7.71. The Bertz CT molecular complexity index is 631. The summed E-state index contributed by atoms with van der Waals surface area (Å²) in [6, 6.07) is 7.58. The van der Waals surface area contributed by atoms with Gasteiger partial charge in [-0.3, -0.25) is 4.79 Å². The molecule has 0 amide bonds. The van der Waals surface area contributed by atoms with E-state index in [1.165, 1.54) is 31.8 Å². The molecule has 0 spiro atoms. The van der Waals surface area contributed by atoms with Crippen molar-refractivity contribution >= 4 is 18.0 Å². The van der Waals surface area contributed by atoms with E-state index in [2.05, 4.69) is 6.92 Å². The molecule has 162 valence electrons. The summed E-state index contributed by atoms with van der Waals surface area (Å²) in [4.78, 5) is 23.6. The summed E-state index contributed by atoms with van der Waals surface area (Å²) < 4.78 is 15.9. The second kappa shape index (κ2) is 13.8. The van der Waals surface area contributed by atoms with Crippen molar-refractivity contribution < 1.29 is 23.8 Å². The number of carbonyl (C=O) groups is 2. The van der Waals surface area contributed by atoms with E-state index in [9.17, 15) is 9.59 Å². The smallest absolute Gasteiger partial charge is 0.330 e. The number of ether oxygens (including phenoxy) is 3. The van der Waals surface area contributed by atoms with Crippen LogP contribution in [0, 0.1) is 5.41 Å². The van der Waals surface area contributed by atoms with E-state index in [0.29, 0.717) is 6.42 Å². The topological polar surface area (TPSA) is 61.8 Å². The molecule has 0 saturated heterocycles. The van der Waals surface area contributed by atoms with Crippen molar-refractivity contribution in [3.05, 3.63) is 35.9 Å². The largest absolute Gasteiger partial charge is 0.494 e. The highest BCUT2D eigenvalue weighted by atomic mass is 16.6. The van der Waals surface area contributed by atoms with E-state index in [1.807, 2.05) is 45.0 Å². The van der Waals surface area contributed by atoms with Crippen molar-refractivity contribution in [2.75, 3.05) is 19.8 Å². The molecule has 0 N–H and O–H groups in total. The SMILES string of the molecule is CCCCCCCOc1ccc(/C=C/C(=O)OCCOC(=O)C(C)(C)CC)cc1. The van der Waals surface area contributed by atoms with Gasteiger partial charge in [0.15, 0.2) is 0 Å². The van der Waals surface area contributed by atoms with E-state index in [1.54, 1.807) is 6.08 Å². The lowest BCUT2D eigenvalue weighted by Crippen LogP contribution is -2.27. The van der Waals surface area contributed by atoms with Crippen molar-refractivity contribution in [2.24, 2.45) is 5.41 Å². The molecule has 0 aliphatic carbocycles. The molecule has 0 aliphatic heterocycles. The third kappa shape index (κ3) is 10.7. The molecule has 0 heterocycles. The summed E-state index contributed by atoms with van der Waals surface area (Å²) in [6.07, 6.45) is 9.80. The van der Waals surface area contributed by atoms with Crippen LogP contribution in [0.4, 0.5) is 0 Å². The molecule has 0 aromatic heterocycles. The first-order valence-electron chi connectivity index (χ1n) is 10.6. The zero-order valence-electron chi connectivity index (χ0n) is 18.4. The molecule has 0 bridgehead atoms. The summed E-state index contributed by atoms with van der Waals surface area (Å²) in [7, 11) is 0. The maximum Gasteiger partial charge on any atom is 0.330 e. The summed E-state index contributed by atoms with van der Waals surface area (Å²) in [5.74, 6) is 0.0788. The van der Waals surface area contributed by atoms with Gasteiger partial charge in [0, 0.05) is 6.08 Å². The van der Waals surface area contributed by atoms with Gasteiger partial charge in [0.25, 0.3) is 0 Å². The minimum atomic E-state index is -0.519. The molecule has 29 heavy (non-hydrogen) atoms. The first kappa shape index (κ1) is 24.7. The van der Waals surface area contributed by atoms with Crippen LogP contribution in [0.5, 0.6) is 5.75 Å². The lowest BCUT2D eigenvalue weighted by atomic mass is 9.91. The van der Waals surface area contributed by atoms with Crippen molar-refractivity contribution in [1.29, 1.82) is 0 Å². The van der Waals surface area contributed by atoms with Crippen LogP contribution in [-0.2, 0) is 19.1 Å². The van der Waals surface area contributed by atoms with E-state index >= 15 is 0 Å². The summed E-state index contributed by atoms with van der Waals surface area (Å²) in [5, 5.41) is 0. The molecular weight excluding hydrogens is 368 g/mol. The normalized spacial score (nSPS) is 11.4. The predicted octanol–water partition coefficient (Wildman–Crippen LogP) is 5.57. The zero-order chi connectivity index (χ0) is 21.5. The molecule has 0 radical (unpaired) electrons. The maximum atomic E-state index is 11.8. The van der Waals surface area contributed by atoms with Crippen molar-refractivity contribution in [2.45, 2.75) is 66.2 Å². The molecule has 0 fully saturated rings. The number of benzene rings is 1. The van der Waals surface area contributed by atoms with E-state index < -0.39 is 11.4 Å². The number of hydrogen-bond acceptors (Lipinski definition) is 5. The second-order valence-electron chi connectivity index (χ2n) is 7.71. The zero-order valence-corrected chi connectivity index (χ0v) is 18.4. The molecule has 0 atom stereocenters. The fraction of sp³-hybridized carbons (Fsp3) is 0.583. The Morgan fingerprint density at radius 1 is 0.897 bits per heavy atom. The van der Waals surface area contributed by atoms with E-state index in [4.69, 9.17) is 14.2 Å². The summed E-state index contributed by atoms with van der Waals surface area (Å²) in [6.45, 7) is 8.62. The van der Waals surface area contributed by atoms with Gasteiger partial charge in [-0.2, -0.15) is 0 Å². The lowest BCUT2D eigenvalue weighted by molar-refractivity contribution is -0.157. The Hall–Kier alpha value is -2.30. The molecule has 5 heteroatoms. The number of unbranched alkanes of at least 4 members (excludes halogenated alkanes) is 4. The first-order chi connectivity index (χ1) is 13.9. The van der Waals surface area contributed by atoms with Gasteiger partial charge in [0.05, 0.1) is 12.0 Å². The Morgan fingerprint density at radius 2 is 1.55 bits per heavy atom. The average Bonchev–Trinajstić information content (AvgIpc) is 2.72. The molecule has 1 aromatic carbocycles. The molecule has 0 aliphatic rings. The fourth-order valence-corrected chi connectivity index (χ4v) is 2.40. The Balaban J connectivity index is 2.25. The number of rotatable bonds is 14. The van der Waals surface area contributed by atoms with Crippen LogP contribution in [0.3, 0.4) is 0 Å². The van der Waals surface area contributed by atoms with E-state index in [-0.39, 0.29) is 19.2 Å². The lowest BCUT2D eigenvalue weighted by Gasteiger charge is -2.20. The van der Waals surface area contributed by atoms with Crippen LogP contribution in [0.2, 0.25) is 0 Å². The van der Waals surface area contributed by atoms with Crippen LogP contribution < -0.4 is 4.74 Å². The van der Waals surface area contributed by atoms with Crippen LogP contribution in [0.25, 0.3) is 6.08 Å². The number of hydrogen-bond donors (Lipinski definition) is 0. The minimum Gasteiger partial charge on any atom is -0.494 e. The van der Waals surface area contributed by atoms with Gasteiger partial charge < -0.3 is 14.2 Å². The van der Waals surface area contributed by atoms with Crippen LogP contribution in [0.1, 0.15) is 71.8 Å². The van der Waals surface area contributed by atoms with Gasteiger partial charge >= 0.3 is 11.9 Å². The first-order valence-corrected chi connectivity index (χ1v) is 10.6. The monoisotopic (exact) mass is 404 g/mol. The Labute approximate surface area is 175 Å². The van der Waals surface area contributed by atoms with Gasteiger partial charge in [-0.25, -0.2) is 4.79 Å². The molecule has 1 aromatic rings. The number of esters is 2. The fourth-order valence-electron chi connectivity index (χ4n) is 2.40. The van der Waals surface area contributed by atoms with E-state index in [0.717, 1.165) is 24.3 Å². The van der Waals surface area contributed by atoms with Crippen molar-refractivity contribution in [1.82, 2.24) is 0 Å². The van der Waals surface area contributed by atoms with Crippen LogP contribution in [0.15, 0.2) is 30.3 Å². The molecule has 0 saturated carbocycles. The third-order valence-corrected chi connectivity index (χ3v) is 4.81. The minimum absolute atomic E-state index is 0.0414. The van der Waals surface area contributed by atoms with Crippen LogP contribution in [-0.4, -0.2) is 31.8 Å². The average molecular weight is 405 g/mol. The molecule has 0 unspecified atom stereocenters. The van der Waals surface area contributed by atoms with Crippen molar-refractivity contribution in [3.8, 4) is 5.75 Å². The Kier molecular flexibility index (Phi) is 11.8. The van der Waals surface area contributed by atoms with Gasteiger partial charge in [0.2, 0.25) is 0 Å². The number of carbonyl (C=O) groups excluding carboxylic acids is 2. The third-order valence-electron chi connectivity index (χ3n) is 4.81. The quantitative estimate of drug-likeness (QED) is 0.230. The molecular formula is C24H36O5. The predicted molar refractivity (Wildman–Crippen MR) is 116 cm³/mol. The van der Waals surface area contributed by atoms with Gasteiger partial charge in [-0.05, 0) is 50.5 Å². The molecule has 5 nitrogen and oxygen atoms in total. The summed E-state index contributed by atoms with van der Waals surface area (Å²) >= 11 is 0. The highest BCUT2D eigenvalue weighted by Crippen LogP contribution is 2.21. The van der Waals surface area contributed by atoms with Crippen molar-refractivity contribution in [3.63, 3.8) is 0 Å². The highest BCUT2D eigenvalue weighted by Gasteiger charge is 2.26. The van der Waals surface area contributed by atoms with Gasteiger partial charge in [0.1, 0.15) is 19.0 Å². The standard InChI is InChI=1S/C24H36O5/c1-5-7-8-9-10-17-27-21-14-11-20(12-15-21)13-16-22(25)28-18-19-29-23(26)24(3,4)6-2/h11-16H,5-10,17-19H2,1-4H3/b16-13+. The molecule has 1 rings (SSSR count). The Morgan fingerprint density at radius 3 is 2.21 bits per heavy atom. The summed E-state index contributed by atoms with van der Waals surface area (Å²) in [5.41, 5.74) is 0.364. The van der Waals surface area contributed by atoms with Crippen LogP contribution >= 0.6 is 0 Å². The van der Waals surface area contributed by atoms with Gasteiger partial charge in [-0.1, -0.05) is 51.7 Å². The highest BCUT2D eigenvalue weighted by molar-refractivity contribution is 5.87.